The summed E-state index contributed by atoms with van der Waals surface area (Å²) < 4.78 is 11.5. The summed E-state index contributed by atoms with van der Waals surface area (Å²) in [7, 11) is 0. The van der Waals surface area contributed by atoms with Crippen molar-refractivity contribution in [1.82, 2.24) is 15.0 Å². The lowest BCUT2D eigenvalue weighted by atomic mass is 10.0. The van der Waals surface area contributed by atoms with E-state index in [4.69, 9.17) is 19.7 Å². The normalized spacial score (nSPS) is 14.6. The van der Waals surface area contributed by atoms with Gasteiger partial charge >= 0.3 is 6.09 Å². The van der Waals surface area contributed by atoms with Gasteiger partial charge in [0, 0.05) is 24.0 Å². The minimum Gasteiger partial charge on any atom is -0.474 e. The minimum atomic E-state index is -0.603. The number of hydrogen-bond acceptors (Lipinski definition) is 9. The van der Waals surface area contributed by atoms with Crippen LogP contribution in [0.15, 0.2) is 30.6 Å². The molecule has 1 N–H and O–H groups in total. The van der Waals surface area contributed by atoms with Crippen molar-refractivity contribution in [2.45, 2.75) is 59.6 Å². The summed E-state index contributed by atoms with van der Waals surface area (Å²) >= 11 is 0. The average Bonchev–Trinajstić information content (AvgIpc) is 2.89. The number of anilines is 4. The van der Waals surface area contributed by atoms with Crippen molar-refractivity contribution in [3.05, 3.63) is 58.5 Å². The van der Waals surface area contributed by atoms with Gasteiger partial charge in [0.05, 0.1) is 43.2 Å². The Kier molecular flexibility index (Phi) is 7.00. The van der Waals surface area contributed by atoms with E-state index in [9.17, 15) is 4.79 Å². The minimum absolute atomic E-state index is 0.363. The predicted octanol–water partition coefficient (Wildman–Crippen LogP) is 4.99. The number of nitriles is 1. The zero-order valence-electron chi connectivity index (χ0n) is 23.0. The number of rotatable bonds is 4. The third kappa shape index (κ3) is 5.58. The Morgan fingerprint density at radius 2 is 2.03 bits per heavy atom. The lowest BCUT2D eigenvalue weighted by molar-refractivity contribution is 0.0566. The van der Waals surface area contributed by atoms with Crippen LogP contribution in [0.1, 0.15) is 48.7 Å². The van der Waals surface area contributed by atoms with Gasteiger partial charge in [0.25, 0.3) is 0 Å². The van der Waals surface area contributed by atoms with Crippen LogP contribution >= 0.6 is 0 Å². The summed E-state index contributed by atoms with van der Waals surface area (Å²) in [5.41, 5.74) is 6.87. The van der Waals surface area contributed by atoms with Gasteiger partial charge in [-0.2, -0.15) is 5.26 Å². The molecule has 0 saturated heterocycles. The molecule has 0 unspecified atom stereocenters. The van der Waals surface area contributed by atoms with Crippen LogP contribution < -0.4 is 19.9 Å². The number of carbonyl (C=O) groups is 1. The van der Waals surface area contributed by atoms with Crippen molar-refractivity contribution >= 4 is 29.1 Å². The van der Waals surface area contributed by atoms with E-state index in [-0.39, 0.29) is 0 Å². The van der Waals surface area contributed by atoms with Gasteiger partial charge in [-0.1, -0.05) is 6.07 Å². The molecule has 0 aliphatic carbocycles. The maximum absolute atomic E-state index is 13.0. The largest absolute Gasteiger partial charge is 0.474 e. The van der Waals surface area contributed by atoms with Crippen molar-refractivity contribution in [2.24, 2.45) is 0 Å². The van der Waals surface area contributed by atoms with Gasteiger partial charge < -0.3 is 19.7 Å². The second kappa shape index (κ2) is 10.4. The molecular formula is C29H33N7O3. The first-order valence-electron chi connectivity index (χ1n) is 13.1. The number of aromatic nitrogens is 3. The molecule has 1 aromatic carbocycles. The molecule has 2 aliphatic heterocycles. The van der Waals surface area contributed by atoms with Crippen LogP contribution in [0.3, 0.4) is 0 Å². The van der Waals surface area contributed by atoms with E-state index in [2.05, 4.69) is 26.3 Å². The second-order valence-electron chi connectivity index (χ2n) is 10.8. The van der Waals surface area contributed by atoms with Crippen LogP contribution in [-0.4, -0.2) is 46.3 Å². The second-order valence-corrected chi connectivity index (χ2v) is 10.8. The van der Waals surface area contributed by atoms with Crippen LogP contribution in [0.25, 0.3) is 0 Å². The van der Waals surface area contributed by atoms with Gasteiger partial charge in [0.15, 0.2) is 0 Å². The average molecular weight is 528 g/mol. The molecule has 2 aromatic heterocycles. The topological polar surface area (TPSA) is 116 Å². The third-order valence-electron chi connectivity index (χ3n) is 6.84. The lowest BCUT2D eigenvalue weighted by Gasteiger charge is -2.35. The molecule has 0 spiro atoms. The standard InChI is InChI=1S/C29H33N7O3/c1-18-14-22(7-6-20(18)8-10-30)33-27-32-15-21-9-11-35(17-23(21)34-27)24-16-31-26-25(19(24)2)36(12-13-38-26)28(37)39-29(3,4)5/h6-7,14-16H,8-9,11-13,17H2,1-5H3,(H,32,33,34). The number of carbonyl (C=O) groups excluding carboxylic acids is 1. The van der Waals surface area contributed by atoms with E-state index < -0.39 is 11.7 Å². The van der Waals surface area contributed by atoms with Gasteiger partial charge in [-0.25, -0.2) is 19.7 Å². The lowest BCUT2D eigenvalue weighted by Crippen LogP contribution is -2.42. The van der Waals surface area contributed by atoms with E-state index in [0.29, 0.717) is 43.6 Å². The Hall–Kier alpha value is -4.39. The van der Waals surface area contributed by atoms with Crippen LogP contribution in [-0.2, 0) is 24.1 Å². The highest BCUT2D eigenvalue weighted by Crippen LogP contribution is 2.39. The molecule has 10 nitrogen and oxygen atoms in total. The predicted molar refractivity (Wildman–Crippen MR) is 149 cm³/mol. The van der Waals surface area contributed by atoms with E-state index >= 15 is 0 Å². The Morgan fingerprint density at radius 1 is 1.21 bits per heavy atom. The molecule has 4 heterocycles. The van der Waals surface area contributed by atoms with Crippen molar-refractivity contribution in [3.63, 3.8) is 0 Å². The SMILES string of the molecule is Cc1cc(Nc2ncc3c(n2)CN(c2cnc4c(c2C)N(C(=O)OC(C)(C)C)CCO4)CC3)ccc1CC#N. The maximum Gasteiger partial charge on any atom is 0.415 e. The number of nitrogens with one attached hydrogen (secondary N) is 1. The molecule has 0 saturated carbocycles. The Balaban J connectivity index is 1.38. The van der Waals surface area contributed by atoms with Gasteiger partial charge in [0.1, 0.15) is 17.9 Å². The summed E-state index contributed by atoms with van der Waals surface area (Å²) in [5, 5.41) is 12.3. The summed E-state index contributed by atoms with van der Waals surface area (Å²) in [4.78, 5) is 30.8. The van der Waals surface area contributed by atoms with Crippen molar-refractivity contribution < 1.29 is 14.3 Å². The van der Waals surface area contributed by atoms with Gasteiger partial charge in [-0.05, 0) is 69.9 Å². The number of ether oxygens (including phenoxy) is 2. The summed E-state index contributed by atoms with van der Waals surface area (Å²) in [6, 6.07) is 8.09. The number of hydrogen-bond donors (Lipinski definition) is 1. The maximum atomic E-state index is 13.0. The zero-order valence-corrected chi connectivity index (χ0v) is 23.0. The van der Waals surface area contributed by atoms with Crippen molar-refractivity contribution in [3.8, 4) is 11.9 Å². The van der Waals surface area contributed by atoms with Crippen LogP contribution in [0.2, 0.25) is 0 Å². The molecule has 5 rings (SSSR count). The highest BCUT2D eigenvalue weighted by molar-refractivity contribution is 5.92. The van der Waals surface area contributed by atoms with Crippen LogP contribution in [0.4, 0.5) is 27.8 Å². The smallest absolute Gasteiger partial charge is 0.415 e. The molecule has 0 radical (unpaired) electrons. The molecule has 10 heteroatoms. The Labute approximate surface area is 228 Å². The van der Waals surface area contributed by atoms with E-state index in [1.165, 1.54) is 0 Å². The zero-order chi connectivity index (χ0) is 27.7. The quantitative estimate of drug-likeness (QED) is 0.500. The molecule has 2 aliphatic rings. The molecule has 39 heavy (non-hydrogen) atoms. The van der Waals surface area contributed by atoms with E-state index in [1.54, 1.807) is 4.90 Å². The molecule has 0 fully saturated rings. The molecule has 202 valence electrons. The van der Waals surface area contributed by atoms with Crippen LogP contribution in [0.5, 0.6) is 5.88 Å². The fourth-order valence-corrected chi connectivity index (χ4v) is 4.90. The molecule has 0 bridgehead atoms. The first-order valence-corrected chi connectivity index (χ1v) is 13.1. The fourth-order valence-electron chi connectivity index (χ4n) is 4.90. The highest BCUT2D eigenvalue weighted by Gasteiger charge is 2.32. The summed E-state index contributed by atoms with van der Waals surface area (Å²) in [5.74, 6) is 0.962. The molecule has 3 aromatic rings. The van der Waals surface area contributed by atoms with Crippen molar-refractivity contribution in [1.29, 1.82) is 5.26 Å². The Morgan fingerprint density at radius 3 is 2.77 bits per heavy atom. The molecule has 0 atom stereocenters. The van der Waals surface area contributed by atoms with E-state index in [1.807, 2.05) is 65.2 Å². The number of fused-ring (bicyclic) bond motifs is 2. The van der Waals surface area contributed by atoms with Gasteiger partial charge in [0.2, 0.25) is 11.8 Å². The summed E-state index contributed by atoms with van der Waals surface area (Å²) in [6.45, 7) is 11.7. The fraction of sp³-hybridized carbons (Fsp3) is 0.414. The number of amides is 1. The molecule has 1 amide bonds. The Bertz CT molecular complexity index is 1460. The number of pyridine rings is 1. The van der Waals surface area contributed by atoms with Crippen molar-refractivity contribution in [2.75, 3.05) is 34.8 Å². The third-order valence-corrected chi connectivity index (χ3v) is 6.84. The van der Waals surface area contributed by atoms with Gasteiger partial charge in [-0.3, -0.25) is 4.90 Å². The first kappa shape index (κ1) is 26.2. The summed E-state index contributed by atoms with van der Waals surface area (Å²) in [6.07, 6.45) is 4.46. The first-order chi connectivity index (χ1) is 18.6. The van der Waals surface area contributed by atoms with Crippen LogP contribution in [0, 0.1) is 25.2 Å². The number of nitrogens with zero attached hydrogens (tertiary/aromatic N) is 6. The monoisotopic (exact) mass is 527 g/mol. The highest BCUT2D eigenvalue weighted by atomic mass is 16.6. The molecular weight excluding hydrogens is 494 g/mol. The van der Waals surface area contributed by atoms with E-state index in [0.717, 1.165) is 52.3 Å². The number of aryl methyl sites for hydroxylation is 1. The van der Waals surface area contributed by atoms with Gasteiger partial charge in [-0.15, -0.1) is 0 Å². The number of benzene rings is 1.